The van der Waals surface area contributed by atoms with Crippen molar-refractivity contribution in [1.29, 1.82) is 0 Å². The number of hydrogen-bond acceptors (Lipinski definition) is 7. The van der Waals surface area contributed by atoms with Crippen molar-refractivity contribution in [2.24, 2.45) is 0 Å². The fourth-order valence-electron chi connectivity index (χ4n) is 3.56. The predicted molar refractivity (Wildman–Crippen MR) is 142 cm³/mol. The largest absolute Gasteiger partial charge is 0.467 e. The smallest absolute Gasteiger partial charge is 0.410 e. The number of ether oxygens (including phenoxy) is 4. The van der Waals surface area contributed by atoms with Gasteiger partial charge in [-0.15, -0.1) is 0 Å². The Labute approximate surface area is 224 Å². The second-order valence-corrected chi connectivity index (χ2v) is 17.2. The number of alkyl carbamates (subject to hydrolysis) is 1. The van der Waals surface area contributed by atoms with Gasteiger partial charge in [-0.3, -0.25) is 4.90 Å². The van der Waals surface area contributed by atoms with Gasteiger partial charge in [0.15, 0.2) is 6.79 Å². The molecule has 12 heteroatoms. The standard InChI is InChI=1S/C24H38Cl2N2O7Si/c1-24(2,3)35-23(31)28-14-16(34-22(30)27-9-10-29)13-18(28)20-19(8-7-17(25)21(20)26)33-15-32-11-12-36(4,5)6/h7-8,16,18,29H,9-15H2,1-6H3,(H,27,30)/t16?,18-/m1/s1. The van der Waals surface area contributed by atoms with Crippen LogP contribution in [0.3, 0.4) is 0 Å². The monoisotopic (exact) mass is 564 g/mol. The molecule has 2 amide bonds. The summed E-state index contributed by atoms with van der Waals surface area (Å²) in [5.41, 5.74) is -0.244. The summed E-state index contributed by atoms with van der Waals surface area (Å²) in [4.78, 5) is 26.7. The number of benzene rings is 1. The highest BCUT2D eigenvalue weighted by atomic mass is 35.5. The molecule has 2 atom stereocenters. The third-order valence-electron chi connectivity index (χ3n) is 5.27. The zero-order chi connectivity index (χ0) is 27.1. The van der Waals surface area contributed by atoms with Crippen molar-refractivity contribution >= 4 is 43.5 Å². The number of rotatable bonds is 10. The Morgan fingerprint density at radius 1 is 1.22 bits per heavy atom. The molecule has 1 aliphatic rings. The molecule has 204 valence electrons. The number of amides is 2. The minimum Gasteiger partial charge on any atom is -0.467 e. The third kappa shape index (κ3) is 9.62. The summed E-state index contributed by atoms with van der Waals surface area (Å²) in [5.74, 6) is 0.418. The van der Waals surface area contributed by atoms with E-state index in [1.54, 1.807) is 32.9 Å². The van der Waals surface area contributed by atoms with Gasteiger partial charge in [0.25, 0.3) is 0 Å². The van der Waals surface area contributed by atoms with E-state index in [4.69, 9.17) is 47.3 Å². The maximum atomic E-state index is 13.1. The number of nitrogens with zero attached hydrogens (tertiary/aromatic N) is 1. The zero-order valence-corrected chi connectivity index (χ0v) is 24.4. The highest BCUT2D eigenvalue weighted by molar-refractivity contribution is 6.76. The van der Waals surface area contributed by atoms with Crippen molar-refractivity contribution in [1.82, 2.24) is 10.2 Å². The van der Waals surface area contributed by atoms with E-state index < -0.39 is 38.0 Å². The Balaban J connectivity index is 2.29. The maximum absolute atomic E-state index is 13.1. The van der Waals surface area contributed by atoms with E-state index in [-0.39, 0.29) is 37.9 Å². The average Bonchev–Trinajstić information content (AvgIpc) is 3.15. The lowest BCUT2D eigenvalue weighted by molar-refractivity contribution is 0.0161. The zero-order valence-electron chi connectivity index (χ0n) is 21.9. The summed E-state index contributed by atoms with van der Waals surface area (Å²) in [7, 11) is -1.24. The van der Waals surface area contributed by atoms with Crippen LogP contribution in [0.4, 0.5) is 9.59 Å². The van der Waals surface area contributed by atoms with Crippen LogP contribution < -0.4 is 10.1 Å². The van der Waals surface area contributed by atoms with Crippen LogP contribution in [-0.2, 0) is 14.2 Å². The van der Waals surface area contributed by atoms with E-state index in [2.05, 4.69) is 25.0 Å². The lowest BCUT2D eigenvalue weighted by Crippen LogP contribution is -2.38. The van der Waals surface area contributed by atoms with Gasteiger partial charge in [0.2, 0.25) is 0 Å². The van der Waals surface area contributed by atoms with Crippen molar-refractivity contribution in [3.8, 4) is 5.75 Å². The molecule has 1 unspecified atom stereocenters. The summed E-state index contributed by atoms with van der Waals surface area (Å²) in [6.45, 7) is 12.6. The molecule has 0 radical (unpaired) electrons. The van der Waals surface area contributed by atoms with Gasteiger partial charge in [-0.1, -0.05) is 42.8 Å². The molecular formula is C24H38Cl2N2O7Si. The first-order valence-electron chi connectivity index (χ1n) is 11.9. The van der Waals surface area contributed by atoms with E-state index >= 15 is 0 Å². The van der Waals surface area contributed by atoms with Crippen LogP contribution in [0, 0.1) is 0 Å². The first-order valence-corrected chi connectivity index (χ1v) is 16.4. The minimum atomic E-state index is -1.24. The van der Waals surface area contributed by atoms with Crippen molar-refractivity contribution in [2.75, 3.05) is 33.1 Å². The van der Waals surface area contributed by atoms with Crippen LogP contribution >= 0.6 is 23.2 Å². The molecule has 1 aromatic rings. The Morgan fingerprint density at radius 3 is 2.53 bits per heavy atom. The van der Waals surface area contributed by atoms with Gasteiger partial charge >= 0.3 is 12.2 Å². The molecule has 36 heavy (non-hydrogen) atoms. The van der Waals surface area contributed by atoms with E-state index in [1.807, 2.05) is 0 Å². The van der Waals surface area contributed by atoms with Gasteiger partial charge in [-0.2, -0.15) is 0 Å². The molecule has 2 rings (SSSR count). The summed E-state index contributed by atoms with van der Waals surface area (Å²) in [5, 5.41) is 11.9. The van der Waals surface area contributed by atoms with Gasteiger partial charge < -0.3 is 29.4 Å². The predicted octanol–water partition coefficient (Wildman–Crippen LogP) is 5.45. The highest BCUT2D eigenvalue weighted by Gasteiger charge is 2.42. The number of halogens is 2. The van der Waals surface area contributed by atoms with Crippen LogP contribution in [0.15, 0.2) is 12.1 Å². The maximum Gasteiger partial charge on any atom is 0.410 e. The molecule has 1 heterocycles. The summed E-state index contributed by atoms with van der Waals surface area (Å²) in [6.07, 6.45) is -1.67. The molecule has 0 bridgehead atoms. The quantitative estimate of drug-likeness (QED) is 0.221. The third-order valence-corrected chi connectivity index (χ3v) is 7.79. The number of nitrogens with one attached hydrogen (secondary N) is 1. The van der Waals surface area contributed by atoms with E-state index in [1.165, 1.54) is 4.90 Å². The lowest BCUT2D eigenvalue weighted by Gasteiger charge is -2.30. The van der Waals surface area contributed by atoms with Crippen molar-refractivity contribution in [3.05, 3.63) is 27.7 Å². The van der Waals surface area contributed by atoms with Crippen LogP contribution in [0.25, 0.3) is 0 Å². The summed E-state index contributed by atoms with van der Waals surface area (Å²) >= 11 is 13.0. The molecule has 1 aliphatic heterocycles. The second kappa shape index (κ2) is 13.2. The molecule has 0 spiro atoms. The van der Waals surface area contributed by atoms with Crippen molar-refractivity contribution in [3.63, 3.8) is 0 Å². The van der Waals surface area contributed by atoms with Gasteiger partial charge in [-0.25, -0.2) is 9.59 Å². The summed E-state index contributed by atoms with van der Waals surface area (Å²) in [6, 6.07) is 3.67. The molecule has 1 saturated heterocycles. The number of aliphatic hydroxyl groups excluding tert-OH is 1. The number of hydrogen-bond donors (Lipinski definition) is 2. The molecule has 2 N–H and O–H groups in total. The average molecular weight is 566 g/mol. The first-order chi connectivity index (χ1) is 16.7. The lowest BCUT2D eigenvalue weighted by atomic mass is 10.0. The van der Waals surface area contributed by atoms with Crippen LogP contribution in [0.1, 0.15) is 38.8 Å². The van der Waals surface area contributed by atoms with Gasteiger partial charge in [0.05, 0.1) is 29.2 Å². The van der Waals surface area contributed by atoms with Gasteiger partial charge in [-0.05, 0) is 38.9 Å². The topological polar surface area (TPSA) is 107 Å². The van der Waals surface area contributed by atoms with E-state index in [9.17, 15) is 9.59 Å². The normalized spacial score (nSPS) is 18.2. The molecule has 0 saturated carbocycles. The van der Waals surface area contributed by atoms with Gasteiger partial charge in [0, 0.05) is 33.2 Å². The van der Waals surface area contributed by atoms with Crippen LogP contribution in [0.2, 0.25) is 35.7 Å². The molecule has 1 aromatic carbocycles. The number of carbonyl (C=O) groups excluding carboxylic acids is 2. The molecule has 0 aliphatic carbocycles. The summed E-state index contributed by atoms with van der Waals surface area (Å²) < 4.78 is 22.7. The van der Waals surface area contributed by atoms with Crippen LogP contribution in [0.5, 0.6) is 5.75 Å². The fraction of sp³-hybridized carbons (Fsp3) is 0.667. The number of likely N-dealkylation sites (tertiary alicyclic amines) is 1. The highest BCUT2D eigenvalue weighted by Crippen LogP contribution is 2.45. The van der Waals surface area contributed by atoms with Crippen molar-refractivity contribution < 1.29 is 33.6 Å². The van der Waals surface area contributed by atoms with E-state index in [0.29, 0.717) is 22.9 Å². The Kier molecular flexibility index (Phi) is 11.2. The Morgan fingerprint density at radius 2 is 1.92 bits per heavy atom. The van der Waals surface area contributed by atoms with Crippen LogP contribution in [-0.4, -0.2) is 75.1 Å². The SMILES string of the molecule is CC(C)(C)OC(=O)N1CC(OC(=O)NCCO)C[C@@H]1c1c(OCOCC[Si](C)(C)C)ccc(Cl)c1Cl. The number of aliphatic hydroxyl groups is 1. The molecule has 9 nitrogen and oxygen atoms in total. The Hall–Kier alpha value is -1.72. The molecular weight excluding hydrogens is 527 g/mol. The molecule has 0 aromatic heterocycles. The molecule has 1 fully saturated rings. The number of carbonyl (C=O) groups is 2. The second-order valence-electron chi connectivity index (χ2n) is 10.8. The fourth-order valence-corrected chi connectivity index (χ4v) is 4.76. The van der Waals surface area contributed by atoms with Crippen molar-refractivity contribution in [2.45, 2.75) is 70.6 Å². The minimum absolute atomic E-state index is 0.0120. The van der Waals surface area contributed by atoms with Gasteiger partial charge in [0.1, 0.15) is 17.5 Å². The van der Waals surface area contributed by atoms with E-state index in [0.717, 1.165) is 6.04 Å². The Bertz CT molecular complexity index is 906. The first kappa shape index (κ1) is 30.5.